The highest BCUT2D eigenvalue weighted by Crippen LogP contribution is 2.54. The fraction of sp³-hybridized carbons (Fsp3) is 0.294. The highest BCUT2D eigenvalue weighted by Gasteiger charge is 2.56. The molecule has 0 aliphatic carbocycles. The quantitative estimate of drug-likeness (QED) is 0.213. The van der Waals surface area contributed by atoms with Crippen molar-refractivity contribution < 1.29 is 27.6 Å². The van der Waals surface area contributed by atoms with E-state index in [0.29, 0.717) is 15.6 Å². The number of alkyl halides is 3. The van der Waals surface area contributed by atoms with Crippen LogP contribution in [0.15, 0.2) is 82.6 Å². The van der Waals surface area contributed by atoms with Crippen molar-refractivity contribution in [2.45, 2.75) is 49.7 Å². The second-order valence-electron chi connectivity index (χ2n) is 11.4. The molecule has 1 N–H and O–H groups in total. The Kier molecular flexibility index (Phi) is 8.79. The standard InChI is InChI=1S/C34H31F3N4O4S2/c1-4-39(5-2)23-15-11-20(12-16-23)26-27-28(31(44)41(30(27)43)24-13-9-19(3)10-14-24)46-32-29(26)47-33(45)40(32)18-25(42)38-22-8-6-7-21(17-22)34(35,36)37/h6-17,26-28H,4-5,18H2,1-3H3,(H,38,42)/t26-,27-,28+/m0/s1. The molecule has 1 saturated heterocycles. The van der Waals surface area contributed by atoms with Gasteiger partial charge in [-0.2, -0.15) is 13.2 Å². The number of aromatic nitrogens is 1. The second-order valence-corrected chi connectivity index (χ2v) is 13.5. The number of halogens is 3. The van der Waals surface area contributed by atoms with Crippen LogP contribution in [0.25, 0.3) is 0 Å². The predicted octanol–water partition coefficient (Wildman–Crippen LogP) is 6.52. The summed E-state index contributed by atoms with van der Waals surface area (Å²) in [6.45, 7) is 7.14. The summed E-state index contributed by atoms with van der Waals surface area (Å²) < 4.78 is 40.9. The van der Waals surface area contributed by atoms with Crippen LogP contribution in [0.4, 0.5) is 30.2 Å². The van der Waals surface area contributed by atoms with Crippen LogP contribution >= 0.6 is 23.1 Å². The van der Waals surface area contributed by atoms with Crippen molar-refractivity contribution in [3.8, 4) is 0 Å². The summed E-state index contributed by atoms with van der Waals surface area (Å²) in [6.07, 6.45) is -4.59. The van der Waals surface area contributed by atoms with Crippen molar-refractivity contribution in [1.29, 1.82) is 0 Å². The Morgan fingerprint density at radius 1 is 0.936 bits per heavy atom. The number of nitrogens with one attached hydrogen (secondary N) is 1. The molecule has 1 aromatic heterocycles. The maximum absolute atomic E-state index is 14.1. The zero-order valence-corrected chi connectivity index (χ0v) is 27.3. The average Bonchev–Trinajstić information content (AvgIpc) is 3.48. The minimum Gasteiger partial charge on any atom is -0.372 e. The molecule has 0 bridgehead atoms. The van der Waals surface area contributed by atoms with Crippen molar-refractivity contribution in [1.82, 2.24) is 4.57 Å². The second kappa shape index (κ2) is 12.7. The van der Waals surface area contributed by atoms with Gasteiger partial charge in [-0.05, 0) is 68.8 Å². The van der Waals surface area contributed by atoms with Gasteiger partial charge in [0.05, 0.1) is 22.2 Å². The van der Waals surface area contributed by atoms with Crippen LogP contribution in [-0.4, -0.2) is 40.6 Å². The van der Waals surface area contributed by atoms with Crippen LogP contribution in [0.2, 0.25) is 0 Å². The van der Waals surface area contributed by atoms with E-state index in [2.05, 4.69) is 24.1 Å². The lowest BCUT2D eigenvalue weighted by Gasteiger charge is -2.31. The highest BCUT2D eigenvalue weighted by atomic mass is 32.2. The molecule has 13 heteroatoms. The van der Waals surface area contributed by atoms with E-state index in [1.54, 1.807) is 12.1 Å². The molecule has 3 atom stereocenters. The van der Waals surface area contributed by atoms with Gasteiger partial charge in [-0.1, -0.05) is 59.0 Å². The number of nitrogens with zero attached hydrogens (tertiary/aromatic N) is 3. The summed E-state index contributed by atoms with van der Waals surface area (Å²) in [5.74, 6) is -2.92. The van der Waals surface area contributed by atoms with Crippen molar-refractivity contribution in [2.75, 3.05) is 28.2 Å². The van der Waals surface area contributed by atoms with Gasteiger partial charge in [-0.3, -0.25) is 23.7 Å². The first kappa shape index (κ1) is 32.6. The number of anilines is 3. The molecule has 0 saturated carbocycles. The maximum Gasteiger partial charge on any atom is 0.416 e. The molecule has 47 heavy (non-hydrogen) atoms. The van der Waals surface area contributed by atoms with Gasteiger partial charge in [-0.15, -0.1) is 0 Å². The number of fused-ring (bicyclic) bond motifs is 2. The van der Waals surface area contributed by atoms with Gasteiger partial charge in [0.1, 0.15) is 11.8 Å². The van der Waals surface area contributed by atoms with Gasteiger partial charge in [-0.25, -0.2) is 4.90 Å². The first-order valence-corrected chi connectivity index (χ1v) is 16.8. The lowest BCUT2D eigenvalue weighted by Crippen LogP contribution is -2.33. The van der Waals surface area contributed by atoms with E-state index >= 15 is 0 Å². The Bertz CT molecular complexity index is 1900. The number of hydrogen-bond donors (Lipinski definition) is 1. The molecule has 3 amide bonds. The monoisotopic (exact) mass is 680 g/mol. The molecule has 6 rings (SSSR count). The molecule has 2 aliphatic rings. The maximum atomic E-state index is 14.1. The van der Waals surface area contributed by atoms with Gasteiger partial charge in [0.2, 0.25) is 17.7 Å². The Morgan fingerprint density at radius 3 is 2.26 bits per heavy atom. The minimum atomic E-state index is -4.59. The van der Waals surface area contributed by atoms with E-state index in [-0.39, 0.29) is 11.6 Å². The SMILES string of the molecule is CCN(CC)c1ccc([C@@H]2c3sc(=O)n(CC(=O)Nc4cccc(C(F)(F)F)c4)c3S[C@H]3C(=O)N(c4ccc(C)cc4)C(=O)[C@@H]23)cc1. The third-order valence-corrected chi connectivity index (χ3v) is 11.1. The smallest absolute Gasteiger partial charge is 0.372 e. The molecule has 0 unspecified atom stereocenters. The number of imide groups is 1. The zero-order valence-electron chi connectivity index (χ0n) is 25.7. The van der Waals surface area contributed by atoms with Gasteiger partial charge < -0.3 is 10.2 Å². The van der Waals surface area contributed by atoms with Crippen LogP contribution in [0, 0.1) is 12.8 Å². The lowest BCUT2D eigenvalue weighted by molar-refractivity contribution is -0.137. The molecule has 8 nitrogen and oxygen atoms in total. The largest absolute Gasteiger partial charge is 0.416 e. The van der Waals surface area contributed by atoms with Crippen molar-refractivity contribution in [2.24, 2.45) is 5.92 Å². The first-order valence-electron chi connectivity index (χ1n) is 15.1. The number of amides is 3. The number of carbonyl (C=O) groups is 3. The number of rotatable bonds is 8. The highest BCUT2D eigenvalue weighted by molar-refractivity contribution is 8.00. The summed E-state index contributed by atoms with van der Waals surface area (Å²) >= 11 is 1.99. The van der Waals surface area contributed by atoms with Crippen LogP contribution < -0.4 is 20.0 Å². The van der Waals surface area contributed by atoms with Crippen LogP contribution in [0.5, 0.6) is 0 Å². The Labute approximate surface area is 277 Å². The number of thiazole rings is 1. The minimum absolute atomic E-state index is 0.0637. The van der Waals surface area contributed by atoms with Gasteiger partial charge in [0.25, 0.3) is 0 Å². The van der Waals surface area contributed by atoms with E-state index < -0.39 is 52.1 Å². The molecular formula is C34H31F3N4O4S2. The molecule has 2 aliphatic heterocycles. The summed E-state index contributed by atoms with van der Waals surface area (Å²) in [5.41, 5.74) is 2.20. The molecule has 0 spiro atoms. The molecule has 3 heterocycles. The fourth-order valence-electron chi connectivity index (χ4n) is 6.16. The number of aryl methyl sites for hydroxylation is 1. The topological polar surface area (TPSA) is 91.7 Å². The Hall–Kier alpha value is -4.36. The van der Waals surface area contributed by atoms with E-state index in [1.165, 1.54) is 21.6 Å². The Morgan fingerprint density at radius 2 is 1.62 bits per heavy atom. The summed E-state index contributed by atoms with van der Waals surface area (Å²) in [5, 5.41) is 1.98. The number of benzene rings is 3. The van der Waals surface area contributed by atoms with Gasteiger partial charge >= 0.3 is 11.0 Å². The van der Waals surface area contributed by atoms with E-state index in [4.69, 9.17) is 0 Å². The summed E-state index contributed by atoms with van der Waals surface area (Å²) in [6, 6.07) is 19.1. The van der Waals surface area contributed by atoms with Crippen LogP contribution in [0.3, 0.4) is 0 Å². The molecule has 3 aromatic carbocycles. The third-order valence-electron chi connectivity index (χ3n) is 8.50. The lowest BCUT2D eigenvalue weighted by atomic mass is 9.83. The van der Waals surface area contributed by atoms with Crippen molar-refractivity contribution in [3.63, 3.8) is 0 Å². The van der Waals surface area contributed by atoms with Crippen LogP contribution in [0.1, 0.15) is 41.3 Å². The molecule has 0 radical (unpaired) electrons. The first-order chi connectivity index (χ1) is 22.4. The Balaban J connectivity index is 1.39. The molecule has 4 aromatic rings. The van der Waals surface area contributed by atoms with E-state index in [0.717, 1.165) is 65.1 Å². The normalized spacial score (nSPS) is 19.0. The van der Waals surface area contributed by atoms with Crippen LogP contribution in [-0.2, 0) is 27.1 Å². The molecule has 244 valence electrons. The van der Waals surface area contributed by atoms with E-state index in [9.17, 15) is 32.3 Å². The van der Waals surface area contributed by atoms with Crippen molar-refractivity contribution in [3.05, 3.63) is 104 Å². The summed E-state index contributed by atoms with van der Waals surface area (Å²) in [7, 11) is 0. The molecule has 1 fully saturated rings. The predicted molar refractivity (Wildman–Crippen MR) is 177 cm³/mol. The summed E-state index contributed by atoms with van der Waals surface area (Å²) in [4.78, 5) is 58.1. The number of carbonyl (C=O) groups excluding carboxylic acids is 3. The third kappa shape index (κ3) is 6.09. The zero-order chi connectivity index (χ0) is 33.6. The number of hydrogen-bond acceptors (Lipinski definition) is 7. The van der Waals surface area contributed by atoms with Crippen molar-refractivity contribution >= 4 is 57.9 Å². The molecular weight excluding hydrogens is 650 g/mol. The average molecular weight is 681 g/mol. The number of thioether (sulfide) groups is 1. The van der Waals surface area contributed by atoms with E-state index in [1.807, 2.05) is 43.3 Å². The van der Waals surface area contributed by atoms with Gasteiger partial charge in [0.15, 0.2) is 0 Å². The fourth-order valence-corrected chi connectivity index (χ4v) is 8.93. The van der Waals surface area contributed by atoms with Gasteiger partial charge in [0, 0.05) is 35.3 Å².